The Hall–Kier alpha value is -0.950. The van der Waals surface area contributed by atoms with Crippen LogP contribution in [0.15, 0.2) is 23.8 Å². The van der Waals surface area contributed by atoms with Gasteiger partial charge in [0.2, 0.25) is 15.9 Å². The molecule has 1 aliphatic rings. The van der Waals surface area contributed by atoms with Crippen LogP contribution in [-0.4, -0.2) is 33.7 Å². The van der Waals surface area contributed by atoms with E-state index in [9.17, 15) is 13.2 Å². The van der Waals surface area contributed by atoms with E-state index in [-0.39, 0.29) is 39.6 Å². The fourth-order valence-electron chi connectivity index (χ4n) is 2.92. The van der Waals surface area contributed by atoms with E-state index in [1.165, 1.54) is 24.1 Å². The van der Waals surface area contributed by atoms with E-state index in [0.29, 0.717) is 13.0 Å². The lowest BCUT2D eigenvalue weighted by Gasteiger charge is -2.24. The highest BCUT2D eigenvalue weighted by atomic mass is 35.5. The van der Waals surface area contributed by atoms with Gasteiger partial charge in [-0.2, -0.15) is 0 Å². The molecule has 0 saturated carbocycles. The van der Waals surface area contributed by atoms with Crippen LogP contribution in [0.5, 0.6) is 0 Å². The average Bonchev–Trinajstić information content (AvgIpc) is 2.60. The molecule has 2 rings (SSSR count). The Morgan fingerprint density at radius 1 is 1.15 bits per heavy atom. The van der Waals surface area contributed by atoms with Gasteiger partial charge in [0.1, 0.15) is 0 Å². The molecule has 0 spiro atoms. The lowest BCUT2D eigenvalue weighted by Crippen LogP contribution is -2.32. The number of rotatable bonds is 8. The number of allylic oxidation sites excluding steroid dienone is 1. The van der Waals surface area contributed by atoms with E-state index in [1.807, 2.05) is 0 Å². The molecule has 1 N–H and O–H groups in total. The third-order valence-electron chi connectivity index (χ3n) is 4.32. The smallest absolute Gasteiger partial charge is 0.232 e. The Morgan fingerprint density at radius 2 is 1.85 bits per heavy atom. The molecule has 1 aliphatic carbocycles. The van der Waals surface area contributed by atoms with Gasteiger partial charge < -0.3 is 5.32 Å². The van der Waals surface area contributed by atoms with Crippen molar-refractivity contribution in [3.05, 3.63) is 38.8 Å². The Bertz CT molecular complexity index is 825. The number of anilines is 1. The second-order valence-electron chi connectivity index (χ2n) is 6.54. The number of halogens is 3. The van der Waals surface area contributed by atoms with Gasteiger partial charge in [0, 0.05) is 19.5 Å². The minimum Gasteiger partial charge on any atom is -0.352 e. The molecule has 0 aromatic heterocycles. The van der Waals surface area contributed by atoms with Gasteiger partial charge in [0.05, 0.1) is 27.0 Å². The van der Waals surface area contributed by atoms with E-state index in [1.54, 1.807) is 0 Å². The molecule has 1 aromatic rings. The lowest BCUT2D eigenvalue weighted by atomic mass is 10.00. The van der Waals surface area contributed by atoms with Crippen molar-refractivity contribution in [2.75, 3.05) is 23.7 Å². The number of nitrogens with one attached hydrogen (secondary N) is 1. The molecule has 0 aliphatic heterocycles. The van der Waals surface area contributed by atoms with Crippen LogP contribution < -0.4 is 9.62 Å². The highest BCUT2D eigenvalue weighted by Gasteiger charge is 2.21. The maximum absolute atomic E-state index is 12.2. The van der Waals surface area contributed by atoms with Crippen molar-refractivity contribution in [3.63, 3.8) is 0 Å². The van der Waals surface area contributed by atoms with Crippen LogP contribution in [0.2, 0.25) is 15.1 Å². The highest BCUT2D eigenvalue weighted by Crippen LogP contribution is 2.35. The first kappa shape index (κ1) is 22.3. The van der Waals surface area contributed by atoms with Crippen molar-refractivity contribution < 1.29 is 13.2 Å². The van der Waals surface area contributed by atoms with Gasteiger partial charge in [-0.1, -0.05) is 46.5 Å². The highest BCUT2D eigenvalue weighted by molar-refractivity contribution is 7.92. The molecule has 1 amide bonds. The van der Waals surface area contributed by atoms with Crippen LogP contribution in [0.1, 0.15) is 38.5 Å². The Morgan fingerprint density at radius 3 is 2.48 bits per heavy atom. The molecule has 0 unspecified atom stereocenters. The molecule has 0 fully saturated rings. The first-order chi connectivity index (χ1) is 12.7. The van der Waals surface area contributed by atoms with Crippen molar-refractivity contribution in [1.82, 2.24) is 5.32 Å². The van der Waals surface area contributed by atoms with Crippen molar-refractivity contribution in [2.24, 2.45) is 0 Å². The van der Waals surface area contributed by atoms with Crippen LogP contribution in [0.4, 0.5) is 5.69 Å². The molecule has 1 aromatic carbocycles. The number of carbonyl (C=O) groups is 1. The molecular formula is C18H23Cl3N2O3S. The quantitative estimate of drug-likeness (QED) is 0.454. The summed E-state index contributed by atoms with van der Waals surface area (Å²) < 4.78 is 25.5. The summed E-state index contributed by atoms with van der Waals surface area (Å²) in [5, 5.41) is 3.53. The zero-order valence-electron chi connectivity index (χ0n) is 15.1. The van der Waals surface area contributed by atoms with Gasteiger partial charge in [-0.25, -0.2) is 8.42 Å². The zero-order chi connectivity index (χ0) is 20.0. The predicted molar refractivity (Wildman–Crippen MR) is 112 cm³/mol. The Labute approximate surface area is 175 Å². The van der Waals surface area contributed by atoms with E-state index in [4.69, 9.17) is 34.8 Å². The second-order valence-corrected chi connectivity index (χ2v) is 9.67. The Kier molecular flexibility index (Phi) is 8.28. The molecule has 0 atom stereocenters. The first-order valence-electron chi connectivity index (χ1n) is 8.75. The maximum Gasteiger partial charge on any atom is 0.232 e. The topological polar surface area (TPSA) is 66.5 Å². The van der Waals surface area contributed by atoms with Gasteiger partial charge in [-0.05, 0) is 44.2 Å². The number of hydrogen-bond donors (Lipinski definition) is 1. The Balaban J connectivity index is 1.94. The molecule has 9 heteroatoms. The third-order valence-corrected chi connectivity index (χ3v) is 6.53. The van der Waals surface area contributed by atoms with Crippen LogP contribution in [0, 0.1) is 0 Å². The summed E-state index contributed by atoms with van der Waals surface area (Å²) in [6.45, 7) is 0.680. The number of nitrogens with zero attached hydrogens (tertiary/aromatic N) is 1. The molecule has 0 heterocycles. The molecule has 0 saturated heterocycles. The second kappa shape index (κ2) is 10.0. The summed E-state index contributed by atoms with van der Waals surface area (Å²) in [5.74, 6) is -0.102. The monoisotopic (exact) mass is 452 g/mol. The molecule has 150 valence electrons. The summed E-state index contributed by atoms with van der Waals surface area (Å²) in [7, 11) is -3.59. The summed E-state index contributed by atoms with van der Waals surface area (Å²) >= 11 is 18.1. The van der Waals surface area contributed by atoms with Crippen LogP contribution in [-0.2, 0) is 14.8 Å². The summed E-state index contributed by atoms with van der Waals surface area (Å²) in [6, 6.07) is 2.83. The summed E-state index contributed by atoms with van der Waals surface area (Å²) in [5.41, 5.74) is 1.51. The number of amides is 1. The van der Waals surface area contributed by atoms with Gasteiger partial charge in [0.15, 0.2) is 0 Å². The molecule has 0 bridgehead atoms. The van der Waals surface area contributed by atoms with E-state index >= 15 is 0 Å². The summed E-state index contributed by atoms with van der Waals surface area (Å²) in [6.07, 6.45) is 8.30. The molecular weight excluding hydrogens is 431 g/mol. The van der Waals surface area contributed by atoms with Crippen molar-refractivity contribution in [1.29, 1.82) is 0 Å². The van der Waals surface area contributed by atoms with Crippen molar-refractivity contribution in [2.45, 2.75) is 38.5 Å². The van der Waals surface area contributed by atoms with Gasteiger partial charge in [0.25, 0.3) is 0 Å². The normalized spacial score (nSPS) is 14.6. The van der Waals surface area contributed by atoms with Crippen molar-refractivity contribution in [3.8, 4) is 0 Å². The first-order valence-corrected chi connectivity index (χ1v) is 11.7. The average molecular weight is 454 g/mol. The van der Waals surface area contributed by atoms with Gasteiger partial charge in [-0.3, -0.25) is 9.10 Å². The largest absolute Gasteiger partial charge is 0.352 e. The van der Waals surface area contributed by atoms with E-state index in [0.717, 1.165) is 29.8 Å². The lowest BCUT2D eigenvalue weighted by molar-refractivity contribution is -0.120. The fourth-order valence-corrected chi connectivity index (χ4v) is 4.58. The van der Waals surface area contributed by atoms with E-state index in [2.05, 4.69) is 11.4 Å². The van der Waals surface area contributed by atoms with E-state index < -0.39 is 10.0 Å². The molecule has 5 nitrogen and oxygen atoms in total. The summed E-state index contributed by atoms with van der Waals surface area (Å²) in [4.78, 5) is 12.0. The molecule has 27 heavy (non-hydrogen) atoms. The number of benzene rings is 1. The van der Waals surface area contributed by atoms with Crippen LogP contribution in [0.3, 0.4) is 0 Å². The minimum atomic E-state index is -3.59. The standard InChI is InChI=1S/C18H23Cl3N2O3S/c1-27(25,26)23(17-11-15(20)14(19)10-16(17)21)9-5-8-18(24)22-12-13-6-3-2-4-7-13/h6,10-11H,2-5,7-9,12H2,1H3,(H,22,24). The third kappa shape index (κ3) is 6.86. The maximum atomic E-state index is 12.2. The number of sulfonamides is 1. The fraction of sp³-hybridized carbons (Fsp3) is 0.500. The SMILES string of the molecule is CS(=O)(=O)N(CCCC(=O)NCC1=CCCCC1)c1cc(Cl)c(Cl)cc1Cl. The van der Waals surface area contributed by atoms with Crippen LogP contribution in [0.25, 0.3) is 0 Å². The van der Waals surface area contributed by atoms with Gasteiger partial charge >= 0.3 is 0 Å². The molecule has 0 radical (unpaired) electrons. The van der Waals surface area contributed by atoms with Gasteiger partial charge in [-0.15, -0.1) is 0 Å². The van der Waals surface area contributed by atoms with Crippen molar-refractivity contribution >= 4 is 56.4 Å². The zero-order valence-corrected chi connectivity index (χ0v) is 18.2. The van der Waals surface area contributed by atoms with Crippen LogP contribution >= 0.6 is 34.8 Å². The number of hydrogen-bond acceptors (Lipinski definition) is 3. The predicted octanol–water partition coefficient (Wildman–Crippen LogP) is 4.81. The number of carbonyl (C=O) groups excluding carboxylic acids is 1. The minimum absolute atomic E-state index is 0.102.